The zero-order valence-corrected chi connectivity index (χ0v) is 12.9. The molecular formula is C14H27N3O3. The van der Waals surface area contributed by atoms with E-state index in [9.17, 15) is 14.4 Å². The van der Waals surface area contributed by atoms with Crippen LogP contribution in [0.25, 0.3) is 0 Å². The third-order valence-electron chi connectivity index (χ3n) is 2.66. The zero-order valence-electron chi connectivity index (χ0n) is 12.9. The second-order valence-electron chi connectivity index (χ2n) is 5.11. The molecule has 6 heteroatoms. The highest BCUT2D eigenvalue weighted by Crippen LogP contribution is 2.00. The quantitative estimate of drug-likeness (QED) is 0.541. The van der Waals surface area contributed by atoms with Crippen molar-refractivity contribution in [2.75, 3.05) is 13.1 Å². The van der Waals surface area contributed by atoms with E-state index in [0.29, 0.717) is 32.4 Å². The maximum absolute atomic E-state index is 12.0. The Morgan fingerprint density at radius 1 is 1.05 bits per heavy atom. The Kier molecular flexibility index (Phi) is 9.63. The number of hydrogen-bond acceptors (Lipinski definition) is 4. The lowest BCUT2D eigenvalue weighted by molar-refractivity contribution is -0.124. The average molecular weight is 285 g/mol. The molecular weight excluding hydrogens is 258 g/mol. The van der Waals surface area contributed by atoms with Gasteiger partial charge in [0.2, 0.25) is 11.8 Å². The highest BCUT2D eigenvalue weighted by molar-refractivity contribution is 5.84. The van der Waals surface area contributed by atoms with Crippen LogP contribution in [0.2, 0.25) is 0 Å². The molecule has 0 fully saturated rings. The second kappa shape index (κ2) is 10.4. The van der Waals surface area contributed by atoms with Crippen molar-refractivity contribution in [3.05, 3.63) is 0 Å². The van der Waals surface area contributed by atoms with Crippen LogP contribution in [-0.4, -0.2) is 42.8 Å². The van der Waals surface area contributed by atoms with Crippen molar-refractivity contribution in [2.24, 2.45) is 0 Å². The van der Waals surface area contributed by atoms with Gasteiger partial charge in [0.05, 0.1) is 6.04 Å². The molecule has 0 spiro atoms. The van der Waals surface area contributed by atoms with Gasteiger partial charge in [0.15, 0.2) is 0 Å². The molecule has 0 aromatic rings. The van der Waals surface area contributed by atoms with Crippen molar-refractivity contribution in [1.82, 2.24) is 16.0 Å². The topological polar surface area (TPSA) is 87.3 Å². The number of nitrogens with one attached hydrogen (secondary N) is 3. The molecule has 0 rings (SSSR count). The number of rotatable bonds is 10. The molecule has 1 unspecified atom stereocenters. The van der Waals surface area contributed by atoms with Gasteiger partial charge < -0.3 is 16.0 Å². The Bertz CT molecular complexity index is 330. The molecule has 0 aromatic heterocycles. The summed E-state index contributed by atoms with van der Waals surface area (Å²) in [4.78, 5) is 34.3. The molecule has 0 aliphatic heterocycles. The van der Waals surface area contributed by atoms with E-state index in [1.54, 1.807) is 0 Å². The van der Waals surface area contributed by atoms with Crippen molar-refractivity contribution in [1.29, 1.82) is 0 Å². The summed E-state index contributed by atoms with van der Waals surface area (Å²) in [5, 5.41) is 8.57. The fourth-order valence-electron chi connectivity index (χ4n) is 1.74. The first-order chi connectivity index (χ1) is 9.36. The first kappa shape index (κ1) is 18.6. The maximum Gasteiger partial charge on any atom is 0.237 e. The normalized spacial score (nSPS) is 12.1. The van der Waals surface area contributed by atoms with Crippen molar-refractivity contribution in [2.45, 2.75) is 59.0 Å². The molecule has 0 saturated heterocycles. The predicted molar refractivity (Wildman–Crippen MR) is 78.3 cm³/mol. The Morgan fingerprint density at radius 2 is 1.70 bits per heavy atom. The highest BCUT2D eigenvalue weighted by atomic mass is 16.2. The molecule has 0 aromatic carbocycles. The van der Waals surface area contributed by atoms with Crippen molar-refractivity contribution >= 4 is 17.6 Å². The van der Waals surface area contributed by atoms with Gasteiger partial charge in [-0.15, -0.1) is 0 Å². The SMILES string of the molecule is CCNC(=O)CCC(NC(C)C)C(=O)NCCC(C)=O. The van der Waals surface area contributed by atoms with Gasteiger partial charge in [-0.2, -0.15) is 0 Å². The first-order valence-corrected chi connectivity index (χ1v) is 7.16. The molecule has 2 amide bonds. The third-order valence-corrected chi connectivity index (χ3v) is 2.66. The molecule has 1 atom stereocenters. The summed E-state index contributed by atoms with van der Waals surface area (Å²) in [5.74, 6) is -0.176. The summed E-state index contributed by atoms with van der Waals surface area (Å²) in [7, 11) is 0. The second-order valence-corrected chi connectivity index (χ2v) is 5.11. The molecule has 6 nitrogen and oxygen atoms in total. The number of hydrogen-bond donors (Lipinski definition) is 3. The van der Waals surface area contributed by atoms with E-state index in [-0.39, 0.29) is 23.6 Å². The fourth-order valence-corrected chi connectivity index (χ4v) is 1.74. The molecule has 0 aliphatic carbocycles. The van der Waals surface area contributed by atoms with Crippen LogP contribution >= 0.6 is 0 Å². The van der Waals surface area contributed by atoms with Crippen LogP contribution in [0.4, 0.5) is 0 Å². The number of Topliss-reactive ketones (excluding diaryl/α,β-unsaturated/α-hetero) is 1. The van der Waals surface area contributed by atoms with Gasteiger partial charge in [-0.3, -0.25) is 14.4 Å². The predicted octanol–water partition coefficient (Wildman–Crippen LogP) is 0.365. The maximum atomic E-state index is 12.0. The smallest absolute Gasteiger partial charge is 0.237 e. The van der Waals surface area contributed by atoms with Crippen LogP contribution < -0.4 is 16.0 Å². The summed E-state index contributed by atoms with van der Waals surface area (Å²) in [6.45, 7) is 8.17. The van der Waals surface area contributed by atoms with Crippen LogP contribution in [0, 0.1) is 0 Å². The molecule has 3 N–H and O–H groups in total. The van der Waals surface area contributed by atoms with E-state index in [4.69, 9.17) is 0 Å². The number of ketones is 1. The standard InChI is InChI=1S/C14H27N3O3/c1-5-15-13(19)7-6-12(17-10(2)3)14(20)16-9-8-11(4)18/h10,12,17H,5-9H2,1-4H3,(H,15,19)(H,16,20). The van der Waals surface area contributed by atoms with Gasteiger partial charge in [-0.1, -0.05) is 13.8 Å². The van der Waals surface area contributed by atoms with Gasteiger partial charge in [-0.05, 0) is 20.3 Å². The van der Waals surface area contributed by atoms with E-state index in [2.05, 4.69) is 16.0 Å². The lowest BCUT2D eigenvalue weighted by atomic mass is 10.1. The summed E-state index contributed by atoms with van der Waals surface area (Å²) < 4.78 is 0. The minimum atomic E-state index is -0.412. The van der Waals surface area contributed by atoms with Crippen molar-refractivity contribution < 1.29 is 14.4 Å². The summed E-state index contributed by atoms with van der Waals surface area (Å²) >= 11 is 0. The van der Waals surface area contributed by atoms with Crippen LogP contribution in [0.1, 0.15) is 47.0 Å². The molecule has 0 saturated carbocycles. The Labute approximate surface area is 121 Å². The number of carbonyl (C=O) groups excluding carboxylic acids is 3. The Morgan fingerprint density at radius 3 is 2.20 bits per heavy atom. The van der Waals surface area contributed by atoms with Crippen LogP contribution in [0.3, 0.4) is 0 Å². The van der Waals surface area contributed by atoms with E-state index in [1.807, 2.05) is 20.8 Å². The van der Waals surface area contributed by atoms with E-state index < -0.39 is 6.04 Å². The van der Waals surface area contributed by atoms with Gasteiger partial charge in [0, 0.05) is 32.0 Å². The van der Waals surface area contributed by atoms with E-state index in [1.165, 1.54) is 6.92 Å². The van der Waals surface area contributed by atoms with Crippen molar-refractivity contribution in [3.8, 4) is 0 Å². The summed E-state index contributed by atoms with van der Waals surface area (Å²) in [6, 6.07) is -0.266. The molecule has 0 heterocycles. The minimum Gasteiger partial charge on any atom is -0.356 e. The van der Waals surface area contributed by atoms with Gasteiger partial charge >= 0.3 is 0 Å². The first-order valence-electron chi connectivity index (χ1n) is 7.16. The number of carbonyl (C=O) groups is 3. The van der Waals surface area contributed by atoms with E-state index >= 15 is 0 Å². The largest absolute Gasteiger partial charge is 0.356 e. The Balaban J connectivity index is 4.27. The molecule has 20 heavy (non-hydrogen) atoms. The third kappa shape index (κ3) is 9.49. The summed E-state index contributed by atoms with van der Waals surface area (Å²) in [5.41, 5.74) is 0. The van der Waals surface area contributed by atoms with Gasteiger partial charge in [0.25, 0.3) is 0 Å². The summed E-state index contributed by atoms with van der Waals surface area (Å²) in [6.07, 6.45) is 1.07. The van der Waals surface area contributed by atoms with Crippen molar-refractivity contribution in [3.63, 3.8) is 0 Å². The molecule has 0 aliphatic rings. The van der Waals surface area contributed by atoms with Crippen LogP contribution in [-0.2, 0) is 14.4 Å². The van der Waals surface area contributed by atoms with Crippen LogP contribution in [0.15, 0.2) is 0 Å². The molecule has 0 bridgehead atoms. The van der Waals surface area contributed by atoms with Gasteiger partial charge in [-0.25, -0.2) is 0 Å². The van der Waals surface area contributed by atoms with Crippen LogP contribution in [0.5, 0.6) is 0 Å². The molecule has 0 radical (unpaired) electrons. The molecule has 116 valence electrons. The van der Waals surface area contributed by atoms with Gasteiger partial charge in [0.1, 0.15) is 5.78 Å². The fraction of sp³-hybridized carbons (Fsp3) is 0.786. The number of amides is 2. The lowest BCUT2D eigenvalue weighted by Gasteiger charge is -2.20. The average Bonchev–Trinajstić information content (AvgIpc) is 2.33. The highest BCUT2D eigenvalue weighted by Gasteiger charge is 2.19. The zero-order chi connectivity index (χ0) is 15.5. The Hall–Kier alpha value is -1.43. The lowest BCUT2D eigenvalue weighted by Crippen LogP contribution is -2.47. The van der Waals surface area contributed by atoms with E-state index in [0.717, 1.165) is 0 Å². The monoisotopic (exact) mass is 285 g/mol. The minimum absolute atomic E-state index is 0.0426.